The van der Waals surface area contributed by atoms with Gasteiger partial charge in [0.05, 0.1) is 16.2 Å². The number of nitro groups is 1. The number of anilines is 2. The molecular weight excluding hydrogens is 286 g/mol. The Morgan fingerprint density at radius 1 is 1.40 bits per heavy atom. The standard InChI is InChI=1S/C11H8ClN5O3/c12-11-14-5-8(17(19)20)10(16-11)15-7-4-2-1-3-6(7)9(13)18/h1-5H,(H2,13,18)(H,14,15,16). The van der Waals surface area contributed by atoms with Crippen molar-refractivity contribution in [3.63, 3.8) is 0 Å². The topological polar surface area (TPSA) is 124 Å². The minimum atomic E-state index is -0.670. The maximum absolute atomic E-state index is 11.3. The highest BCUT2D eigenvalue weighted by atomic mass is 35.5. The van der Waals surface area contributed by atoms with Crippen LogP contribution in [-0.2, 0) is 0 Å². The number of para-hydroxylation sites is 1. The number of amides is 1. The van der Waals surface area contributed by atoms with Crippen molar-refractivity contribution in [1.29, 1.82) is 0 Å². The third kappa shape index (κ3) is 2.81. The van der Waals surface area contributed by atoms with Crippen LogP contribution in [0.5, 0.6) is 0 Å². The van der Waals surface area contributed by atoms with Crippen molar-refractivity contribution in [3.8, 4) is 0 Å². The SMILES string of the molecule is NC(=O)c1ccccc1Nc1nc(Cl)ncc1[N+](=O)[O-]. The minimum absolute atomic E-state index is 0.122. The molecule has 3 N–H and O–H groups in total. The van der Waals surface area contributed by atoms with E-state index in [1.54, 1.807) is 18.2 Å². The van der Waals surface area contributed by atoms with E-state index in [0.29, 0.717) is 0 Å². The first kappa shape index (κ1) is 13.7. The summed E-state index contributed by atoms with van der Waals surface area (Å²) in [6, 6.07) is 6.29. The first-order chi connectivity index (χ1) is 9.49. The fourth-order valence-corrected chi connectivity index (χ4v) is 1.65. The van der Waals surface area contributed by atoms with Crippen LogP contribution >= 0.6 is 11.6 Å². The number of aromatic nitrogens is 2. The number of hydrogen-bond acceptors (Lipinski definition) is 6. The van der Waals surface area contributed by atoms with Gasteiger partial charge in [-0.1, -0.05) is 12.1 Å². The van der Waals surface area contributed by atoms with E-state index in [-0.39, 0.29) is 28.0 Å². The van der Waals surface area contributed by atoms with Crippen LogP contribution in [0.4, 0.5) is 17.2 Å². The van der Waals surface area contributed by atoms with Gasteiger partial charge in [0.25, 0.3) is 5.91 Å². The van der Waals surface area contributed by atoms with Crippen molar-refractivity contribution < 1.29 is 9.72 Å². The predicted molar refractivity (Wildman–Crippen MR) is 71.9 cm³/mol. The molecule has 2 aromatic rings. The van der Waals surface area contributed by atoms with Gasteiger partial charge in [0.1, 0.15) is 6.20 Å². The summed E-state index contributed by atoms with van der Waals surface area (Å²) in [5.41, 5.74) is 5.32. The molecular formula is C11H8ClN5O3. The van der Waals surface area contributed by atoms with Crippen LogP contribution in [0.3, 0.4) is 0 Å². The van der Waals surface area contributed by atoms with E-state index in [1.165, 1.54) is 6.07 Å². The first-order valence-electron chi connectivity index (χ1n) is 5.32. The first-order valence-corrected chi connectivity index (χ1v) is 5.69. The highest BCUT2D eigenvalue weighted by Gasteiger charge is 2.18. The average molecular weight is 294 g/mol. The van der Waals surface area contributed by atoms with Gasteiger partial charge in [-0.25, -0.2) is 4.98 Å². The third-order valence-corrected chi connectivity index (χ3v) is 2.56. The molecule has 8 nitrogen and oxygen atoms in total. The van der Waals surface area contributed by atoms with E-state index >= 15 is 0 Å². The summed E-state index contributed by atoms with van der Waals surface area (Å²) in [7, 11) is 0. The van der Waals surface area contributed by atoms with Gasteiger partial charge in [0.2, 0.25) is 11.1 Å². The van der Waals surface area contributed by atoms with E-state index < -0.39 is 10.8 Å². The summed E-state index contributed by atoms with van der Waals surface area (Å²) < 4.78 is 0. The molecule has 0 saturated heterocycles. The monoisotopic (exact) mass is 293 g/mol. The molecule has 0 aliphatic heterocycles. The normalized spacial score (nSPS) is 10.1. The molecule has 1 heterocycles. The lowest BCUT2D eigenvalue weighted by Gasteiger charge is -2.09. The van der Waals surface area contributed by atoms with E-state index in [9.17, 15) is 14.9 Å². The van der Waals surface area contributed by atoms with E-state index in [4.69, 9.17) is 17.3 Å². The van der Waals surface area contributed by atoms with Crippen LogP contribution in [0, 0.1) is 10.1 Å². The van der Waals surface area contributed by atoms with Crippen molar-refractivity contribution in [3.05, 3.63) is 51.4 Å². The molecule has 1 aromatic carbocycles. The second kappa shape index (κ2) is 5.49. The van der Waals surface area contributed by atoms with Crippen molar-refractivity contribution in [1.82, 2.24) is 9.97 Å². The lowest BCUT2D eigenvalue weighted by atomic mass is 10.1. The summed E-state index contributed by atoms with van der Waals surface area (Å²) in [4.78, 5) is 28.8. The molecule has 0 aliphatic carbocycles. The Kier molecular flexibility index (Phi) is 3.76. The number of benzene rings is 1. The van der Waals surface area contributed by atoms with Crippen LogP contribution in [-0.4, -0.2) is 20.8 Å². The predicted octanol–water partition coefficient (Wildman–Crippen LogP) is 1.88. The summed E-state index contributed by atoms with van der Waals surface area (Å²) in [6.07, 6.45) is 0.977. The van der Waals surface area contributed by atoms with E-state index in [2.05, 4.69) is 15.3 Å². The zero-order chi connectivity index (χ0) is 14.7. The number of halogens is 1. The van der Waals surface area contributed by atoms with Gasteiger partial charge >= 0.3 is 5.69 Å². The minimum Gasteiger partial charge on any atom is -0.366 e. The van der Waals surface area contributed by atoms with Gasteiger partial charge in [-0.2, -0.15) is 4.98 Å². The zero-order valence-corrected chi connectivity index (χ0v) is 10.7. The summed E-state index contributed by atoms with van der Waals surface area (Å²) in [6.45, 7) is 0. The fraction of sp³-hybridized carbons (Fsp3) is 0. The van der Waals surface area contributed by atoms with Crippen molar-refractivity contribution in [2.24, 2.45) is 5.73 Å². The van der Waals surface area contributed by atoms with Crippen LogP contribution in [0.25, 0.3) is 0 Å². The van der Waals surface area contributed by atoms with Crippen molar-refractivity contribution >= 4 is 34.7 Å². The number of nitrogens with zero attached hydrogens (tertiary/aromatic N) is 3. The average Bonchev–Trinajstić information content (AvgIpc) is 2.38. The van der Waals surface area contributed by atoms with Crippen LogP contribution in [0.15, 0.2) is 30.5 Å². The Morgan fingerprint density at radius 2 is 2.10 bits per heavy atom. The van der Waals surface area contributed by atoms with Gasteiger partial charge in [0, 0.05) is 0 Å². The Morgan fingerprint density at radius 3 is 2.75 bits per heavy atom. The lowest BCUT2D eigenvalue weighted by molar-refractivity contribution is -0.384. The van der Waals surface area contributed by atoms with Crippen molar-refractivity contribution in [2.45, 2.75) is 0 Å². The van der Waals surface area contributed by atoms with Gasteiger partial charge in [-0.3, -0.25) is 14.9 Å². The third-order valence-electron chi connectivity index (χ3n) is 2.38. The number of hydrogen-bond donors (Lipinski definition) is 2. The lowest BCUT2D eigenvalue weighted by Crippen LogP contribution is -2.13. The smallest absolute Gasteiger partial charge is 0.329 e. The van der Waals surface area contributed by atoms with Gasteiger partial charge < -0.3 is 11.1 Å². The second-order valence-corrected chi connectivity index (χ2v) is 4.00. The van der Waals surface area contributed by atoms with Crippen molar-refractivity contribution in [2.75, 3.05) is 5.32 Å². The summed E-state index contributed by atoms with van der Waals surface area (Å²) in [5, 5.41) is 13.4. The number of nitrogens with two attached hydrogens (primary N) is 1. The molecule has 0 spiro atoms. The molecule has 0 bridgehead atoms. The molecule has 20 heavy (non-hydrogen) atoms. The fourth-order valence-electron chi connectivity index (χ4n) is 1.51. The van der Waals surface area contributed by atoms with E-state index in [1.807, 2.05) is 0 Å². The molecule has 0 aliphatic rings. The highest BCUT2D eigenvalue weighted by molar-refractivity contribution is 6.28. The Labute approximate surface area is 117 Å². The maximum Gasteiger partial charge on any atom is 0.329 e. The maximum atomic E-state index is 11.3. The Balaban J connectivity index is 2.47. The van der Waals surface area contributed by atoms with E-state index in [0.717, 1.165) is 6.20 Å². The molecule has 1 aromatic heterocycles. The number of nitrogens with one attached hydrogen (secondary N) is 1. The molecule has 0 unspecified atom stereocenters. The molecule has 0 radical (unpaired) electrons. The summed E-state index contributed by atoms with van der Waals surface area (Å²) in [5.74, 6) is -0.792. The van der Waals surface area contributed by atoms with Crippen LogP contribution in [0.1, 0.15) is 10.4 Å². The van der Waals surface area contributed by atoms with Crippen LogP contribution < -0.4 is 11.1 Å². The molecule has 102 valence electrons. The molecule has 0 atom stereocenters. The molecule has 1 amide bonds. The van der Waals surface area contributed by atoms with Gasteiger partial charge in [-0.05, 0) is 23.7 Å². The largest absolute Gasteiger partial charge is 0.366 e. The van der Waals surface area contributed by atoms with Crippen LogP contribution in [0.2, 0.25) is 5.28 Å². The number of rotatable bonds is 4. The highest BCUT2D eigenvalue weighted by Crippen LogP contribution is 2.27. The molecule has 2 rings (SSSR count). The Bertz CT molecular complexity index is 692. The van der Waals surface area contributed by atoms with Gasteiger partial charge in [0.15, 0.2) is 0 Å². The second-order valence-electron chi connectivity index (χ2n) is 3.66. The molecule has 0 saturated carbocycles. The molecule has 0 fully saturated rings. The summed E-state index contributed by atoms with van der Waals surface area (Å²) >= 11 is 5.61. The van der Waals surface area contributed by atoms with Gasteiger partial charge in [-0.15, -0.1) is 0 Å². The number of carbonyl (C=O) groups excluding carboxylic acids is 1. The molecule has 9 heteroatoms. The number of primary amides is 1. The Hall–Kier alpha value is -2.74. The number of carbonyl (C=O) groups is 1. The quantitative estimate of drug-likeness (QED) is 0.504. The zero-order valence-electron chi connectivity index (χ0n) is 9.91.